The van der Waals surface area contributed by atoms with Crippen LogP contribution in [0.3, 0.4) is 0 Å². The van der Waals surface area contributed by atoms with Crippen molar-refractivity contribution in [2.45, 2.75) is 117 Å². The number of hydrogen-bond acceptors (Lipinski definition) is 0. The fourth-order valence-electron chi connectivity index (χ4n) is 5.54. The molecule has 4 aromatic carbocycles. The molecule has 0 saturated carbocycles. The Morgan fingerprint density at radius 3 is 1.40 bits per heavy atom. The van der Waals surface area contributed by atoms with Crippen molar-refractivity contribution in [3.63, 3.8) is 0 Å². The monoisotopic (exact) mass is 771 g/mol. The number of halogens is 5. The van der Waals surface area contributed by atoms with Gasteiger partial charge in [-0.3, -0.25) is 0 Å². The summed E-state index contributed by atoms with van der Waals surface area (Å²) in [6.07, 6.45) is -3.23. The first-order chi connectivity index (χ1) is 20.5. The summed E-state index contributed by atoms with van der Waals surface area (Å²) < 4.78 is 35.3. The molecule has 0 unspecified atom stereocenters. The summed E-state index contributed by atoms with van der Waals surface area (Å²) in [4.78, 5) is 0. The van der Waals surface area contributed by atoms with Gasteiger partial charge in [0.2, 0.25) is 0 Å². The Balaban J connectivity index is 0.000000958. The Morgan fingerprint density at radius 1 is 0.562 bits per heavy atom. The molecule has 0 nitrogen and oxygen atoms in total. The smallest absolute Gasteiger partial charge is 1.00 e. The fraction of sp³-hybridized carbons (Fsp3) is 0.429. The van der Waals surface area contributed by atoms with Gasteiger partial charge >= 0.3 is 32.4 Å². The first-order valence-corrected chi connectivity index (χ1v) is 15.7. The molecule has 0 saturated heterocycles. The van der Waals surface area contributed by atoms with Gasteiger partial charge in [0, 0.05) is 0 Å². The summed E-state index contributed by atoms with van der Waals surface area (Å²) >= 11 is 0. The van der Waals surface area contributed by atoms with Gasteiger partial charge in [0.05, 0.1) is 0 Å². The molecule has 0 amide bonds. The summed E-state index contributed by atoms with van der Waals surface area (Å²) in [5.74, 6) is 0. The molecule has 48 heavy (non-hydrogen) atoms. The molecule has 0 fully saturated rings. The molecule has 0 atom stereocenters. The summed E-state index contributed by atoms with van der Waals surface area (Å²) in [6.45, 7) is 28.0. The van der Waals surface area contributed by atoms with E-state index in [1.54, 1.807) is 0 Å². The van der Waals surface area contributed by atoms with Gasteiger partial charge < -0.3 is 24.8 Å². The van der Waals surface area contributed by atoms with Crippen LogP contribution < -0.4 is 24.8 Å². The van der Waals surface area contributed by atoms with Gasteiger partial charge in [-0.1, -0.05) is 112 Å². The molecule has 0 heterocycles. The second-order valence-corrected chi connectivity index (χ2v) is 16.0. The van der Waals surface area contributed by atoms with Gasteiger partial charge in [-0.05, 0) is 39.4 Å². The number of rotatable bonds is 0. The van der Waals surface area contributed by atoms with Crippen LogP contribution in [0.2, 0.25) is 0 Å². The van der Waals surface area contributed by atoms with Crippen LogP contribution >= 0.6 is 0 Å². The maximum atomic E-state index is 11.8. The number of alkyl halides is 3. The van der Waals surface area contributed by atoms with Crippen LogP contribution in [0.25, 0.3) is 11.1 Å². The summed E-state index contributed by atoms with van der Waals surface area (Å²) in [7, 11) is 0. The van der Waals surface area contributed by atoms with E-state index < -0.39 is 11.7 Å². The van der Waals surface area contributed by atoms with E-state index in [1.807, 2.05) is 30.3 Å². The Kier molecular flexibility index (Phi) is 16.7. The van der Waals surface area contributed by atoms with Crippen molar-refractivity contribution in [3.05, 3.63) is 130 Å². The van der Waals surface area contributed by atoms with Gasteiger partial charge in [-0.2, -0.15) is 97.6 Å². The Labute approximate surface area is 320 Å². The van der Waals surface area contributed by atoms with Crippen LogP contribution in [0.4, 0.5) is 13.2 Å². The zero-order valence-electron chi connectivity index (χ0n) is 30.5. The average Bonchev–Trinajstić information content (AvgIpc) is 3.28. The molecule has 0 N–H and O–H groups in total. The molecule has 4 aromatic rings. The number of hydrogen-bond donors (Lipinski definition) is 0. The molecule has 0 aliphatic heterocycles. The van der Waals surface area contributed by atoms with Crippen molar-refractivity contribution in [2.75, 3.05) is 0 Å². The molecule has 0 bridgehead atoms. The Morgan fingerprint density at radius 2 is 1.04 bits per heavy atom. The van der Waals surface area contributed by atoms with Gasteiger partial charge in [-0.25, -0.2) is 0 Å². The van der Waals surface area contributed by atoms with Crippen LogP contribution in [0.1, 0.15) is 122 Å². The average molecular weight is 774 g/mol. The van der Waals surface area contributed by atoms with Crippen LogP contribution in [-0.4, -0.2) is 0 Å². The van der Waals surface area contributed by atoms with Gasteiger partial charge in [0.1, 0.15) is 0 Å². The Bertz CT molecular complexity index is 1460. The molecule has 260 valence electrons. The van der Waals surface area contributed by atoms with Crippen LogP contribution in [0.15, 0.2) is 72.8 Å². The van der Waals surface area contributed by atoms with E-state index in [9.17, 15) is 13.2 Å². The maximum Gasteiger partial charge on any atom is 2.00 e. The second-order valence-electron chi connectivity index (χ2n) is 16.0. The largest absolute Gasteiger partial charge is 2.00 e. The van der Waals surface area contributed by atoms with Gasteiger partial charge in [0.25, 0.3) is 0 Å². The minimum Gasteiger partial charge on any atom is -1.00 e. The van der Waals surface area contributed by atoms with Gasteiger partial charge in [0.15, 0.2) is 0 Å². The standard InChI is InChI=1S/C29H41.C7H4F3.C6H5.2ClH.Zr/c1-26(2,3)22-14-18-13-19-15-23(27(4,5)6)25(29(10,11)12)17-21(19)20(18)16-24(22)28(7,8)9;8-7(9,10)6-4-2-1-3-5-6;1-2-4-6-5-3-1;;;/h14,16-17H,13H2,1-12H3;1-2,4-5H;1-5H;2*1H;/q3*-1;;;+2/p-2. The van der Waals surface area contributed by atoms with Crippen molar-refractivity contribution in [1.82, 2.24) is 0 Å². The molecule has 0 radical (unpaired) electrons. The van der Waals surface area contributed by atoms with E-state index in [2.05, 4.69) is 119 Å². The third-order valence-electron chi connectivity index (χ3n) is 7.88. The molecule has 0 spiro atoms. The van der Waals surface area contributed by atoms with E-state index in [4.69, 9.17) is 0 Å². The maximum absolute atomic E-state index is 11.8. The summed E-state index contributed by atoms with van der Waals surface area (Å²) in [5, 5.41) is 0. The third-order valence-corrected chi connectivity index (χ3v) is 7.88. The molecule has 1 aliphatic rings. The van der Waals surface area contributed by atoms with Crippen molar-refractivity contribution in [2.24, 2.45) is 0 Å². The van der Waals surface area contributed by atoms with Crippen LogP contribution in [0.5, 0.6) is 0 Å². The minimum atomic E-state index is -4.24. The number of fused-ring (bicyclic) bond motifs is 3. The van der Waals surface area contributed by atoms with Crippen molar-refractivity contribution in [3.8, 4) is 11.1 Å². The van der Waals surface area contributed by atoms with E-state index >= 15 is 0 Å². The van der Waals surface area contributed by atoms with E-state index in [0.717, 1.165) is 18.6 Å². The van der Waals surface area contributed by atoms with Gasteiger partial charge in [-0.15, -0.1) is 16.7 Å². The van der Waals surface area contributed by atoms with E-state index in [-0.39, 0.29) is 72.7 Å². The molecular weight excluding hydrogens is 724 g/mol. The van der Waals surface area contributed by atoms with Crippen molar-refractivity contribution >= 4 is 0 Å². The number of benzene rings is 4. The minimum absolute atomic E-state index is 0. The Hall–Kier alpha value is -1.87. The van der Waals surface area contributed by atoms with E-state index in [1.165, 1.54) is 56.6 Å². The van der Waals surface area contributed by atoms with Crippen molar-refractivity contribution < 1.29 is 64.2 Å². The SMILES string of the molecule is CC(C)(C)c1[c-]c2c(cc1C(C)(C)C)-c1cc(C(C)(C)C)c(C(C)(C)C)cc1C2.FC(F)(F)c1c[c-]ccc1.[Cl-].[Cl-].[Zr+2].[c-]1ccccc1. The molecular formula is C42H50Cl2F3Zr-3. The first-order valence-electron chi connectivity index (χ1n) is 15.7. The summed E-state index contributed by atoms with van der Waals surface area (Å²) in [6, 6.07) is 30.9. The third kappa shape index (κ3) is 12.2. The van der Waals surface area contributed by atoms with E-state index in [0.29, 0.717) is 0 Å². The first kappa shape index (κ1) is 46.1. The predicted molar refractivity (Wildman–Crippen MR) is 184 cm³/mol. The molecule has 6 heteroatoms. The second kappa shape index (κ2) is 17.4. The molecule has 5 rings (SSSR count). The zero-order chi connectivity index (χ0) is 34.0. The fourth-order valence-corrected chi connectivity index (χ4v) is 5.54. The van der Waals surface area contributed by atoms with Crippen LogP contribution in [0, 0.1) is 18.2 Å². The topological polar surface area (TPSA) is 0 Å². The van der Waals surface area contributed by atoms with Crippen LogP contribution in [-0.2, 0) is 60.5 Å². The molecule has 0 aromatic heterocycles. The normalized spacial score (nSPS) is 12.3. The predicted octanol–water partition coefficient (Wildman–Crippen LogP) is 6.25. The summed E-state index contributed by atoms with van der Waals surface area (Å²) in [5.41, 5.74) is 11.3. The zero-order valence-corrected chi connectivity index (χ0v) is 34.5. The molecule has 1 aliphatic carbocycles. The van der Waals surface area contributed by atoms with Crippen molar-refractivity contribution in [1.29, 1.82) is 0 Å². The quantitative estimate of drug-likeness (QED) is 0.164.